The van der Waals surface area contributed by atoms with Crippen molar-refractivity contribution in [1.29, 1.82) is 0 Å². The predicted octanol–water partition coefficient (Wildman–Crippen LogP) is 2.70. The van der Waals surface area contributed by atoms with E-state index in [0.717, 1.165) is 5.56 Å². The lowest BCUT2D eigenvalue weighted by atomic mass is 9.89. The molecule has 1 saturated heterocycles. The maximum atomic E-state index is 12.3. The third-order valence-electron chi connectivity index (χ3n) is 4.02. The number of carbonyl (C=O) groups excluding carboxylic acids is 1. The number of rotatable bonds is 2. The molecule has 1 aromatic rings. The van der Waals surface area contributed by atoms with Gasteiger partial charge in [0.2, 0.25) is 5.91 Å². The Labute approximate surface area is 113 Å². The third kappa shape index (κ3) is 2.73. The first-order valence-electron chi connectivity index (χ1n) is 6.66. The summed E-state index contributed by atoms with van der Waals surface area (Å²) in [5.41, 5.74) is 1.41. The van der Waals surface area contributed by atoms with E-state index in [1.807, 2.05) is 27.7 Å². The van der Waals surface area contributed by atoms with Gasteiger partial charge in [-0.15, -0.1) is 0 Å². The predicted molar refractivity (Wildman–Crippen MR) is 74.1 cm³/mol. The van der Waals surface area contributed by atoms with Crippen molar-refractivity contribution in [3.63, 3.8) is 0 Å². The highest BCUT2D eigenvalue weighted by molar-refractivity contribution is 5.93. The highest BCUT2D eigenvalue weighted by Gasteiger charge is 2.41. The molecule has 1 heterocycles. The maximum Gasteiger partial charge on any atom is 0.230 e. The van der Waals surface area contributed by atoms with Crippen molar-refractivity contribution >= 4 is 11.6 Å². The second kappa shape index (κ2) is 5.21. The van der Waals surface area contributed by atoms with Crippen LogP contribution in [0.15, 0.2) is 18.2 Å². The molecule has 0 radical (unpaired) electrons. The molecule has 4 atom stereocenters. The van der Waals surface area contributed by atoms with Crippen LogP contribution in [-0.2, 0) is 9.53 Å². The first-order chi connectivity index (χ1) is 8.90. The van der Waals surface area contributed by atoms with Crippen LogP contribution in [0.5, 0.6) is 5.75 Å². The Morgan fingerprint density at radius 1 is 1.26 bits per heavy atom. The summed E-state index contributed by atoms with van der Waals surface area (Å²) >= 11 is 0. The van der Waals surface area contributed by atoms with Gasteiger partial charge in [-0.05, 0) is 38.3 Å². The molecule has 2 N–H and O–H groups in total. The summed E-state index contributed by atoms with van der Waals surface area (Å²) in [6.45, 7) is 7.77. The van der Waals surface area contributed by atoms with E-state index < -0.39 is 0 Å². The van der Waals surface area contributed by atoms with Gasteiger partial charge in [-0.1, -0.05) is 13.0 Å². The van der Waals surface area contributed by atoms with Crippen molar-refractivity contribution in [3.05, 3.63) is 23.8 Å². The fourth-order valence-electron chi connectivity index (χ4n) is 2.63. The van der Waals surface area contributed by atoms with Crippen LogP contribution < -0.4 is 5.32 Å². The van der Waals surface area contributed by atoms with E-state index in [2.05, 4.69) is 5.32 Å². The molecule has 1 aliphatic heterocycles. The van der Waals surface area contributed by atoms with Crippen molar-refractivity contribution < 1.29 is 14.6 Å². The normalized spacial score (nSPS) is 30.3. The van der Waals surface area contributed by atoms with Crippen molar-refractivity contribution in [2.24, 2.45) is 11.8 Å². The number of ether oxygens (including phenoxy) is 1. The molecule has 0 spiro atoms. The summed E-state index contributed by atoms with van der Waals surface area (Å²) in [4.78, 5) is 12.3. The van der Waals surface area contributed by atoms with E-state index in [4.69, 9.17) is 4.74 Å². The Kier molecular flexibility index (Phi) is 3.80. The number of benzene rings is 1. The first kappa shape index (κ1) is 13.9. The first-order valence-corrected chi connectivity index (χ1v) is 6.66. The third-order valence-corrected chi connectivity index (χ3v) is 4.02. The van der Waals surface area contributed by atoms with Crippen molar-refractivity contribution in [1.82, 2.24) is 0 Å². The number of nitrogens with one attached hydrogen (secondary N) is 1. The van der Waals surface area contributed by atoms with Gasteiger partial charge >= 0.3 is 0 Å². The van der Waals surface area contributed by atoms with Crippen LogP contribution in [0.2, 0.25) is 0 Å². The zero-order valence-electron chi connectivity index (χ0n) is 11.8. The lowest BCUT2D eigenvalue weighted by molar-refractivity contribution is -0.121. The number of phenols is 1. The summed E-state index contributed by atoms with van der Waals surface area (Å²) in [5.74, 6) is 0.176. The minimum absolute atomic E-state index is 0.0485. The van der Waals surface area contributed by atoms with Gasteiger partial charge < -0.3 is 15.2 Å². The van der Waals surface area contributed by atoms with Gasteiger partial charge in [-0.25, -0.2) is 0 Å². The number of hydrogen-bond donors (Lipinski definition) is 2. The van der Waals surface area contributed by atoms with Gasteiger partial charge in [0.05, 0.1) is 18.1 Å². The lowest BCUT2D eigenvalue weighted by Crippen LogP contribution is -2.31. The van der Waals surface area contributed by atoms with Gasteiger partial charge in [-0.3, -0.25) is 4.79 Å². The molecule has 4 unspecified atom stereocenters. The zero-order chi connectivity index (χ0) is 14.2. The van der Waals surface area contributed by atoms with Gasteiger partial charge in [0.15, 0.2) is 0 Å². The Morgan fingerprint density at radius 3 is 2.47 bits per heavy atom. The largest absolute Gasteiger partial charge is 0.508 e. The number of aryl methyl sites for hydroxylation is 1. The number of amides is 1. The monoisotopic (exact) mass is 263 g/mol. The number of phenolic OH excluding ortho intramolecular Hbond substituents is 1. The number of aromatic hydroxyl groups is 1. The number of anilines is 1. The van der Waals surface area contributed by atoms with Gasteiger partial charge in [0.1, 0.15) is 5.75 Å². The SMILES string of the molecule is Cc1ccc(NC(=O)C2C(C)OC(C)C2C)cc1O. The van der Waals surface area contributed by atoms with E-state index in [9.17, 15) is 9.90 Å². The van der Waals surface area contributed by atoms with Crippen LogP contribution in [0.1, 0.15) is 26.3 Å². The molecule has 0 bridgehead atoms. The summed E-state index contributed by atoms with van der Waals surface area (Å²) < 4.78 is 5.68. The zero-order valence-corrected chi connectivity index (χ0v) is 11.8. The van der Waals surface area contributed by atoms with Crippen molar-refractivity contribution in [3.8, 4) is 5.75 Å². The maximum absolute atomic E-state index is 12.3. The van der Waals surface area contributed by atoms with E-state index in [1.165, 1.54) is 0 Å². The number of carbonyl (C=O) groups is 1. The minimum atomic E-state index is -0.154. The molecule has 4 heteroatoms. The average molecular weight is 263 g/mol. The molecule has 1 fully saturated rings. The van der Waals surface area contributed by atoms with Crippen LogP contribution in [-0.4, -0.2) is 23.2 Å². The second-order valence-electron chi connectivity index (χ2n) is 5.42. The average Bonchev–Trinajstić information content (AvgIpc) is 2.58. The van der Waals surface area contributed by atoms with Crippen molar-refractivity contribution in [2.45, 2.75) is 39.9 Å². The molecule has 0 aliphatic carbocycles. The molecule has 1 aromatic carbocycles. The quantitative estimate of drug-likeness (QED) is 0.862. The summed E-state index contributed by atoms with van der Waals surface area (Å²) in [5, 5.41) is 12.5. The molecule has 2 rings (SSSR count). The van der Waals surface area contributed by atoms with E-state index >= 15 is 0 Å². The molecule has 4 nitrogen and oxygen atoms in total. The highest BCUT2D eigenvalue weighted by Crippen LogP contribution is 2.33. The van der Waals surface area contributed by atoms with Gasteiger partial charge in [-0.2, -0.15) is 0 Å². The number of hydrogen-bond acceptors (Lipinski definition) is 3. The van der Waals surface area contributed by atoms with Crippen LogP contribution in [0.25, 0.3) is 0 Å². The van der Waals surface area contributed by atoms with E-state index in [0.29, 0.717) is 5.69 Å². The minimum Gasteiger partial charge on any atom is -0.508 e. The van der Waals surface area contributed by atoms with E-state index in [-0.39, 0.29) is 35.7 Å². The van der Waals surface area contributed by atoms with Crippen molar-refractivity contribution in [2.75, 3.05) is 5.32 Å². The summed E-state index contributed by atoms with van der Waals surface area (Å²) in [7, 11) is 0. The van der Waals surface area contributed by atoms with E-state index in [1.54, 1.807) is 18.2 Å². The summed E-state index contributed by atoms with van der Waals surface area (Å²) in [6, 6.07) is 5.15. The van der Waals surface area contributed by atoms with Crippen LogP contribution in [0.4, 0.5) is 5.69 Å². The molecule has 0 saturated carbocycles. The molecule has 1 aliphatic rings. The molecular weight excluding hydrogens is 242 g/mol. The second-order valence-corrected chi connectivity index (χ2v) is 5.42. The Morgan fingerprint density at radius 2 is 1.95 bits per heavy atom. The fraction of sp³-hybridized carbons (Fsp3) is 0.533. The Balaban J connectivity index is 2.10. The molecule has 0 aromatic heterocycles. The fourth-order valence-corrected chi connectivity index (χ4v) is 2.63. The van der Waals surface area contributed by atoms with Gasteiger partial charge in [0.25, 0.3) is 0 Å². The molecule has 1 amide bonds. The Bertz CT molecular complexity index is 486. The highest BCUT2D eigenvalue weighted by atomic mass is 16.5. The van der Waals surface area contributed by atoms with Crippen LogP contribution in [0, 0.1) is 18.8 Å². The van der Waals surface area contributed by atoms with Crippen LogP contribution in [0.3, 0.4) is 0 Å². The molecular formula is C15H21NO3. The van der Waals surface area contributed by atoms with Crippen LogP contribution >= 0.6 is 0 Å². The standard InChI is InChI=1S/C15H21NO3/c1-8-5-6-12(7-13(8)17)16-15(18)14-9(2)10(3)19-11(14)4/h5-7,9-11,14,17H,1-4H3,(H,16,18). The topological polar surface area (TPSA) is 58.6 Å². The van der Waals surface area contributed by atoms with Gasteiger partial charge in [0, 0.05) is 11.8 Å². The lowest BCUT2D eigenvalue weighted by Gasteiger charge is -2.18. The summed E-state index contributed by atoms with van der Waals surface area (Å²) in [6.07, 6.45) is 0.0150. The smallest absolute Gasteiger partial charge is 0.230 e. The Hall–Kier alpha value is -1.55. The molecule has 19 heavy (non-hydrogen) atoms. The molecule has 104 valence electrons.